The van der Waals surface area contributed by atoms with Crippen LogP contribution in [-0.4, -0.2) is 40.6 Å². The number of amides is 1. The van der Waals surface area contributed by atoms with Crippen LogP contribution >= 0.6 is 11.8 Å². The van der Waals surface area contributed by atoms with Crippen LogP contribution in [0.15, 0.2) is 60.3 Å². The maximum atomic E-state index is 13.2. The number of hydrogen-bond donors (Lipinski definition) is 1. The van der Waals surface area contributed by atoms with E-state index in [0.29, 0.717) is 34.7 Å². The Kier molecular flexibility index (Phi) is 7.08. The average Bonchev–Trinajstić information content (AvgIpc) is 3.15. The number of halogens is 1. The van der Waals surface area contributed by atoms with Crippen LogP contribution in [0.4, 0.5) is 10.1 Å². The van der Waals surface area contributed by atoms with Gasteiger partial charge in [-0.15, -0.1) is 16.8 Å². The lowest BCUT2D eigenvalue weighted by molar-refractivity contribution is -0.113. The molecule has 0 fully saturated rings. The highest BCUT2D eigenvalue weighted by Crippen LogP contribution is 2.29. The number of aromatic nitrogens is 3. The molecular weight excluding hydrogens is 407 g/mol. The minimum atomic E-state index is -0.326. The van der Waals surface area contributed by atoms with E-state index in [1.54, 1.807) is 43.5 Å². The number of anilines is 1. The standard InChI is InChI=1S/C21H21FN4O3S/c1-4-11-26-20(14-5-7-15(22)8-6-14)24-25-21(26)30-13-19(27)23-17-12-16(28-2)9-10-18(17)29-3/h4-10,12H,1,11,13H2,2-3H3,(H,23,27). The van der Waals surface area contributed by atoms with E-state index in [2.05, 4.69) is 22.1 Å². The molecule has 2 aromatic carbocycles. The topological polar surface area (TPSA) is 78.3 Å². The average molecular weight is 428 g/mol. The maximum Gasteiger partial charge on any atom is 0.234 e. The molecule has 1 N–H and O–H groups in total. The minimum Gasteiger partial charge on any atom is -0.497 e. The zero-order valence-electron chi connectivity index (χ0n) is 16.6. The van der Waals surface area contributed by atoms with Gasteiger partial charge >= 0.3 is 0 Å². The Morgan fingerprint density at radius 2 is 1.97 bits per heavy atom. The predicted octanol–water partition coefficient (Wildman–Crippen LogP) is 4.02. The fourth-order valence-electron chi connectivity index (χ4n) is 2.73. The summed E-state index contributed by atoms with van der Waals surface area (Å²) in [5.41, 5.74) is 1.24. The number of allylic oxidation sites excluding steroid dienone is 1. The van der Waals surface area contributed by atoms with E-state index >= 15 is 0 Å². The monoisotopic (exact) mass is 428 g/mol. The van der Waals surface area contributed by atoms with Crippen LogP contribution in [0.2, 0.25) is 0 Å². The van der Waals surface area contributed by atoms with Gasteiger partial charge in [0.1, 0.15) is 17.3 Å². The molecule has 30 heavy (non-hydrogen) atoms. The summed E-state index contributed by atoms with van der Waals surface area (Å²) < 4.78 is 25.5. The number of carbonyl (C=O) groups is 1. The molecule has 9 heteroatoms. The number of nitrogens with zero attached hydrogens (tertiary/aromatic N) is 3. The van der Waals surface area contributed by atoms with Gasteiger partial charge in [-0.1, -0.05) is 17.8 Å². The summed E-state index contributed by atoms with van der Waals surface area (Å²) in [7, 11) is 3.08. The molecule has 0 radical (unpaired) electrons. The molecular formula is C21H21FN4O3S. The summed E-state index contributed by atoms with van der Waals surface area (Å²) in [6, 6.07) is 11.2. The Bertz CT molecular complexity index is 1040. The van der Waals surface area contributed by atoms with Crippen LogP contribution in [0.25, 0.3) is 11.4 Å². The first-order chi connectivity index (χ1) is 14.5. The summed E-state index contributed by atoms with van der Waals surface area (Å²) in [4.78, 5) is 12.5. The van der Waals surface area contributed by atoms with Gasteiger partial charge in [-0.2, -0.15) is 0 Å². The van der Waals surface area contributed by atoms with E-state index in [-0.39, 0.29) is 17.5 Å². The first kappa shape index (κ1) is 21.4. The van der Waals surface area contributed by atoms with E-state index in [4.69, 9.17) is 9.47 Å². The molecule has 0 aliphatic rings. The molecule has 0 aliphatic carbocycles. The van der Waals surface area contributed by atoms with Crippen molar-refractivity contribution in [2.75, 3.05) is 25.3 Å². The molecule has 1 heterocycles. The Labute approximate surface area is 177 Å². The highest BCUT2D eigenvalue weighted by atomic mass is 32.2. The van der Waals surface area contributed by atoms with E-state index in [1.165, 1.54) is 31.0 Å². The first-order valence-corrected chi connectivity index (χ1v) is 9.99. The molecule has 0 atom stereocenters. The van der Waals surface area contributed by atoms with Crippen molar-refractivity contribution < 1.29 is 18.7 Å². The molecule has 1 amide bonds. The van der Waals surface area contributed by atoms with Crippen LogP contribution < -0.4 is 14.8 Å². The number of nitrogens with one attached hydrogen (secondary N) is 1. The fourth-order valence-corrected chi connectivity index (χ4v) is 3.48. The number of benzene rings is 2. The van der Waals surface area contributed by atoms with Gasteiger partial charge in [-0.25, -0.2) is 4.39 Å². The number of rotatable bonds is 9. The molecule has 3 aromatic rings. The molecule has 0 bridgehead atoms. The summed E-state index contributed by atoms with van der Waals surface area (Å²) in [5, 5.41) is 11.8. The lowest BCUT2D eigenvalue weighted by Crippen LogP contribution is -2.15. The molecule has 0 unspecified atom stereocenters. The Balaban J connectivity index is 1.73. The summed E-state index contributed by atoms with van der Waals surface area (Å²) in [6.45, 7) is 4.21. The second-order valence-electron chi connectivity index (χ2n) is 6.12. The third-order valence-corrected chi connectivity index (χ3v) is 5.11. The van der Waals surface area contributed by atoms with Gasteiger partial charge in [-0.05, 0) is 36.4 Å². The van der Waals surface area contributed by atoms with Crippen LogP contribution in [-0.2, 0) is 11.3 Å². The quantitative estimate of drug-likeness (QED) is 0.410. The smallest absolute Gasteiger partial charge is 0.234 e. The molecule has 0 saturated carbocycles. The van der Waals surface area contributed by atoms with Crippen LogP contribution in [0.5, 0.6) is 11.5 Å². The molecule has 1 aromatic heterocycles. The Morgan fingerprint density at radius 1 is 1.20 bits per heavy atom. The lowest BCUT2D eigenvalue weighted by Gasteiger charge is -2.12. The van der Waals surface area contributed by atoms with Crippen molar-refractivity contribution in [3.8, 4) is 22.9 Å². The third kappa shape index (κ3) is 4.98. The van der Waals surface area contributed by atoms with Crippen molar-refractivity contribution >= 4 is 23.4 Å². The molecule has 7 nitrogen and oxygen atoms in total. The fraction of sp³-hybridized carbons (Fsp3) is 0.190. The highest BCUT2D eigenvalue weighted by Gasteiger charge is 2.16. The van der Waals surface area contributed by atoms with Gasteiger partial charge < -0.3 is 14.8 Å². The molecule has 156 valence electrons. The van der Waals surface area contributed by atoms with E-state index in [1.807, 2.05) is 4.57 Å². The second kappa shape index (κ2) is 9.93. The zero-order valence-corrected chi connectivity index (χ0v) is 17.4. The number of carbonyl (C=O) groups excluding carboxylic acids is 1. The lowest BCUT2D eigenvalue weighted by atomic mass is 10.2. The first-order valence-electron chi connectivity index (χ1n) is 9.00. The largest absolute Gasteiger partial charge is 0.497 e. The molecule has 3 rings (SSSR count). The van der Waals surface area contributed by atoms with Gasteiger partial charge in [0.2, 0.25) is 5.91 Å². The van der Waals surface area contributed by atoms with Crippen LogP contribution in [0.3, 0.4) is 0 Å². The van der Waals surface area contributed by atoms with E-state index in [9.17, 15) is 9.18 Å². The molecule has 0 saturated heterocycles. The van der Waals surface area contributed by atoms with Gasteiger partial charge in [0.05, 0.1) is 25.7 Å². The zero-order chi connectivity index (χ0) is 21.5. The minimum absolute atomic E-state index is 0.110. The summed E-state index contributed by atoms with van der Waals surface area (Å²) >= 11 is 1.24. The summed E-state index contributed by atoms with van der Waals surface area (Å²) in [6.07, 6.45) is 1.71. The van der Waals surface area contributed by atoms with Crippen molar-refractivity contribution in [2.45, 2.75) is 11.7 Å². The Hall–Kier alpha value is -3.33. The van der Waals surface area contributed by atoms with Crippen LogP contribution in [0.1, 0.15) is 0 Å². The highest BCUT2D eigenvalue weighted by molar-refractivity contribution is 7.99. The number of hydrogen-bond acceptors (Lipinski definition) is 6. The van der Waals surface area contributed by atoms with Crippen LogP contribution in [0, 0.1) is 5.82 Å². The van der Waals surface area contributed by atoms with Gasteiger partial charge in [0.15, 0.2) is 11.0 Å². The van der Waals surface area contributed by atoms with Crippen molar-refractivity contribution in [1.29, 1.82) is 0 Å². The predicted molar refractivity (Wildman–Crippen MR) is 115 cm³/mol. The molecule has 0 spiro atoms. The van der Waals surface area contributed by atoms with E-state index < -0.39 is 0 Å². The van der Waals surface area contributed by atoms with Crippen molar-refractivity contribution in [3.63, 3.8) is 0 Å². The number of ether oxygens (including phenoxy) is 2. The number of thioether (sulfide) groups is 1. The normalized spacial score (nSPS) is 10.5. The van der Waals surface area contributed by atoms with E-state index in [0.717, 1.165) is 5.56 Å². The van der Waals surface area contributed by atoms with Gasteiger partial charge in [-0.3, -0.25) is 9.36 Å². The number of methoxy groups -OCH3 is 2. The second-order valence-corrected chi connectivity index (χ2v) is 7.06. The van der Waals surface area contributed by atoms with Crippen molar-refractivity contribution in [3.05, 3.63) is 60.9 Å². The maximum absolute atomic E-state index is 13.2. The molecule has 0 aliphatic heterocycles. The van der Waals surface area contributed by atoms with Gasteiger partial charge in [0.25, 0.3) is 0 Å². The van der Waals surface area contributed by atoms with Gasteiger partial charge in [0, 0.05) is 18.2 Å². The third-order valence-electron chi connectivity index (χ3n) is 4.14. The Morgan fingerprint density at radius 3 is 2.63 bits per heavy atom. The SMILES string of the molecule is C=CCn1c(SCC(=O)Nc2cc(OC)ccc2OC)nnc1-c1ccc(F)cc1. The summed E-state index contributed by atoms with van der Waals surface area (Å²) in [5.74, 6) is 1.26. The van der Waals surface area contributed by atoms with Crippen molar-refractivity contribution in [2.24, 2.45) is 0 Å². The van der Waals surface area contributed by atoms with Crippen molar-refractivity contribution in [1.82, 2.24) is 14.8 Å².